The Morgan fingerprint density at radius 3 is 1.90 bits per heavy atom. The molecule has 0 spiro atoms. The van der Waals surface area contributed by atoms with Crippen molar-refractivity contribution < 1.29 is 4.74 Å². The zero-order valence-corrected chi connectivity index (χ0v) is 28.1. The minimum Gasteiger partial charge on any atom is -0.439 e. The van der Waals surface area contributed by atoms with Gasteiger partial charge in [-0.1, -0.05) is 111 Å². The van der Waals surface area contributed by atoms with E-state index in [0.717, 1.165) is 34.2 Å². The Balaban J connectivity index is 1.16. The molecule has 6 aromatic rings. The van der Waals surface area contributed by atoms with Gasteiger partial charge in [0.1, 0.15) is 11.6 Å². The largest absolute Gasteiger partial charge is 0.439 e. The van der Waals surface area contributed by atoms with Gasteiger partial charge < -0.3 is 9.30 Å². The number of rotatable bonds is 9. The van der Waals surface area contributed by atoms with E-state index < -0.39 is 0 Å². The summed E-state index contributed by atoms with van der Waals surface area (Å²) in [6.45, 7) is 0. The van der Waals surface area contributed by atoms with Crippen LogP contribution in [0.15, 0.2) is 134 Å². The summed E-state index contributed by atoms with van der Waals surface area (Å²) in [5.41, 5.74) is 8.49. The predicted octanol–water partition coefficient (Wildman–Crippen LogP) is 12.3. The van der Waals surface area contributed by atoms with Gasteiger partial charge in [0.2, 0.25) is 5.88 Å². The van der Waals surface area contributed by atoms with Gasteiger partial charge in [0.25, 0.3) is 0 Å². The molecule has 0 amide bonds. The highest BCUT2D eigenvalue weighted by atomic mass is 16.5. The van der Waals surface area contributed by atoms with Crippen LogP contribution in [-0.4, -0.2) is 14.5 Å². The van der Waals surface area contributed by atoms with Crippen molar-refractivity contribution in [2.75, 3.05) is 4.90 Å². The maximum absolute atomic E-state index is 6.13. The smallest absolute Gasteiger partial charge is 0.221 e. The summed E-state index contributed by atoms with van der Waals surface area (Å²) in [7, 11) is 0. The lowest BCUT2D eigenvalue weighted by molar-refractivity contribution is 0.434. The van der Waals surface area contributed by atoms with E-state index in [2.05, 4.69) is 88.7 Å². The van der Waals surface area contributed by atoms with E-state index in [9.17, 15) is 0 Å². The number of para-hydroxylation sites is 3. The van der Waals surface area contributed by atoms with Crippen LogP contribution in [0.4, 0.5) is 17.2 Å². The van der Waals surface area contributed by atoms with E-state index in [4.69, 9.17) is 14.7 Å². The molecule has 2 aliphatic carbocycles. The number of hydrogen-bond acceptors (Lipinski definition) is 4. The number of imidazole rings is 1. The standard InChI is InChI=1S/C44H44N4O/c1-5-16-33(17-6-1)39-26-14-27-40(34-18-7-2-8-19-34)44(39)47-31-41(45-32-47)35-20-13-23-37(30-35)48(36-21-9-3-10-22-36)42-28-15-29-43(46-42)49-38-24-11-4-12-25-38/h3-4,9-15,20-34H,1-2,5-8,16-19H2. The molecule has 0 bridgehead atoms. The van der Waals surface area contributed by atoms with E-state index in [-0.39, 0.29) is 0 Å². The summed E-state index contributed by atoms with van der Waals surface area (Å²) in [5.74, 6) is 3.32. The zero-order valence-electron chi connectivity index (χ0n) is 28.1. The van der Waals surface area contributed by atoms with Gasteiger partial charge >= 0.3 is 0 Å². The van der Waals surface area contributed by atoms with Gasteiger partial charge in [-0.05, 0) is 91.1 Å². The van der Waals surface area contributed by atoms with Crippen molar-refractivity contribution in [3.8, 4) is 28.6 Å². The number of hydrogen-bond donors (Lipinski definition) is 0. The van der Waals surface area contributed by atoms with Crippen LogP contribution in [0.3, 0.4) is 0 Å². The van der Waals surface area contributed by atoms with Crippen molar-refractivity contribution in [3.63, 3.8) is 0 Å². The molecule has 246 valence electrons. The molecule has 2 aliphatic rings. The van der Waals surface area contributed by atoms with Crippen LogP contribution >= 0.6 is 0 Å². The average molecular weight is 645 g/mol. The molecule has 2 fully saturated rings. The summed E-state index contributed by atoms with van der Waals surface area (Å²) in [5, 5.41) is 0. The number of benzene rings is 4. The lowest BCUT2D eigenvalue weighted by Gasteiger charge is -2.29. The van der Waals surface area contributed by atoms with Crippen LogP contribution in [-0.2, 0) is 0 Å². The second-order valence-corrected chi connectivity index (χ2v) is 13.6. The Hall–Kier alpha value is -5.16. The highest BCUT2D eigenvalue weighted by Gasteiger charge is 2.26. The lowest BCUT2D eigenvalue weighted by atomic mass is 9.78. The molecule has 0 radical (unpaired) electrons. The zero-order chi connectivity index (χ0) is 32.8. The maximum Gasteiger partial charge on any atom is 0.221 e. The van der Waals surface area contributed by atoms with E-state index in [1.54, 1.807) is 0 Å². The molecule has 0 N–H and O–H groups in total. The molecule has 49 heavy (non-hydrogen) atoms. The first-order valence-electron chi connectivity index (χ1n) is 18.1. The average Bonchev–Trinajstić information content (AvgIpc) is 3.67. The second kappa shape index (κ2) is 14.5. The Morgan fingerprint density at radius 2 is 1.20 bits per heavy atom. The van der Waals surface area contributed by atoms with Crippen LogP contribution in [0.25, 0.3) is 16.9 Å². The highest BCUT2D eigenvalue weighted by Crippen LogP contribution is 2.43. The van der Waals surface area contributed by atoms with Gasteiger partial charge in [-0.3, -0.25) is 4.90 Å². The van der Waals surface area contributed by atoms with Crippen molar-refractivity contribution in [1.29, 1.82) is 0 Å². The van der Waals surface area contributed by atoms with Gasteiger partial charge in [0, 0.05) is 29.2 Å². The molecule has 2 heterocycles. The number of nitrogens with zero attached hydrogens (tertiary/aromatic N) is 4. The predicted molar refractivity (Wildman–Crippen MR) is 200 cm³/mol. The third-order valence-electron chi connectivity index (χ3n) is 10.3. The Bertz CT molecular complexity index is 1940. The van der Waals surface area contributed by atoms with E-state index in [1.165, 1.54) is 81.0 Å². The molecule has 2 saturated carbocycles. The summed E-state index contributed by atoms with van der Waals surface area (Å²) in [6, 6.07) is 41.9. The van der Waals surface area contributed by atoms with Gasteiger partial charge in [0.15, 0.2) is 0 Å². The fraction of sp³-hybridized carbons (Fsp3) is 0.273. The fourth-order valence-corrected chi connectivity index (χ4v) is 7.95. The molecule has 0 atom stereocenters. The summed E-state index contributed by atoms with van der Waals surface area (Å²) >= 11 is 0. The first-order valence-corrected chi connectivity index (χ1v) is 18.1. The Morgan fingerprint density at radius 1 is 0.592 bits per heavy atom. The van der Waals surface area contributed by atoms with Crippen molar-refractivity contribution in [2.24, 2.45) is 0 Å². The second-order valence-electron chi connectivity index (χ2n) is 13.6. The van der Waals surface area contributed by atoms with E-state index in [0.29, 0.717) is 17.7 Å². The summed E-state index contributed by atoms with van der Waals surface area (Å²) in [4.78, 5) is 12.2. The molecule has 4 aromatic carbocycles. The van der Waals surface area contributed by atoms with Gasteiger partial charge in [-0.25, -0.2) is 4.98 Å². The van der Waals surface area contributed by atoms with Crippen molar-refractivity contribution in [3.05, 3.63) is 145 Å². The molecule has 5 nitrogen and oxygen atoms in total. The topological polar surface area (TPSA) is 43.2 Å². The first-order chi connectivity index (χ1) is 24.3. The third-order valence-corrected chi connectivity index (χ3v) is 10.3. The van der Waals surface area contributed by atoms with Crippen LogP contribution in [0.5, 0.6) is 11.6 Å². The third kappa shape index (κ3) is 6.89. The van der Waals surface area contributed by atoms with Crippen LogP contribution in [0.2, 0.25) is 0 Å². The SMILES string of the molecule is c1ccc(Oc2cccc(N(c3ccccc3)c3cccc(-c4cn(-c5c(C6CCCCC6)cccc5C5CCCCC5)cn4)c3)n2)cc1. The molecule has 0 aliphatic heterocycles. The van der Waals surface area contributed by atoms with Gasteiger partial charge in [0.05, 0.1) is 17.7 Å². The van der Waals surface area contributed by atoms with Crippen LogP contribution in [0, 0.1) is 0 Å². The van der Waals surface area contributed by atoms with Crippen LogP contribution < -0.4 is 9.64 Å². The van der Waals surface area contributed by atoms with Crippen molar-refractivity contribution >= 4 is 17.2 Å². The highest BCUT2D eigenvalue weighted by molar-refractivity contribution is 5.78. The van der Waals surface area contributed by atoms with Crippen LogP contribution in [0.1, 0.15) is 87.2 Å². The van der Waals surface area contributed by atoms with E-state index in [1.807, 2.05) is 54.6 Å². The lowest BCUT2D eigenvalue weighted by Crippen LogP contribution is -2.14. The van der Waals surface area contributed by atoms with Crippen molar-refractivity contribution in [2.45, 2.75) is 76.0 Å². The van der Waals surface area contributed by atoms with Gasteiger partial charge in [-0.2, -0.15) is 4.98 Å². The monoisotopic (exact) mass is 644 g/mol. The number of ether oxygens (including phenoxy) is 1. The minimum absolute atomic E-state index is 0.546. The molecular formula is C44H44N4O. The molecule has 0 unspecified atom stereocenters. The maximum atomic E-state index is 6.13. The molecule has 5 heteroatoms. The Labute approximate surface area is 290 Å². The number of pyridine rings is 1. The normalized spacial score (nSPS) is 15.6. The molecule has 8 rings (SSSR count). The van der Waals surface area contributed by atoms with Crippen molar-refractivity contribution in [1.82, 2.24) is 14.5 Å². The fourth-order valence-electron chi connectivity index (χ4n) is 7.95. The minimum atomic E-state index is 0.546. The van der Waals surface area contributed by atoms with Gasteiger partial charge in [-0.15, -0.1) is 0 Å². The first kappa shape index (κ1) is 31.1. The molecular weight excluding hydrogens is 601 g/mol. The summed E-state index contributed by atoms with van der Waals surface area (Å²) < 4.78 is 8.48. The molecule has 0 saturated heterocycles. The quantitative estimate of drug-likeness (QED) is 0.157. The molecule has 2 aromatic heterocycles. The summed E-state index contributed by atoms with van der Waals surface area (Å²) in [6.07, 6.45) is 17.5. The number of aromatic nitrogens is 3. The Kier molecular flexibility index (Phi) is 9.23. The number of anilines is 3. The van der Waals surface area contributed by atoms with E-state index >= 15 is 0 Å².